The lowest BCUT2D eigenvalue weighted by atomic mass is 9.84. The van der Waals surface area contributed by atoms with E-state index < -0.39 is 0 Å². The second-order valence-electron chi connectivity index (χ2n) is 13.1. The fourth-order valence-electron chi connectivity index (χ4n) is 7.08. The number of benzene rings is 7. The largest absolute Gasteiger partial charge is 0.474 e. The van der Waals surface area contributed by atoms with Gasteiger partial charge >= 0.3 is 0 Å². The van der Waals surface area contributed by atoms with Gasteiger partial charge in [-0.3, -0.25) is 4.98 Å². The number of hydrogen-bond acceptors (Lipinski definition) is 3. The van der Waals surface area contributed by atoms with Crippen molar-refractivity contribution in [3.05, 3.63) is 151 Å². The van der Waals surface area contributed by atoms with Crippen LogP contribution in [0.3, 0.4) is 0 Å². The molecule has 224 valence electrons. The van der Waals surface area contributed by atoms with Gasteiger partial charge < -0.3 is 4.74 Å². The molecule has 0 unspecified atom stereocenters. The average Bonchev–Trinajstić information content (AvgIpc) is 3.49. The summed E-state index contributed by atoms with van der Waals surface area (Å²) >= 11 is 0. The summed E-state index contributed by atoms with van der Waals surface area (Å²) in [5.41, 5.74) is 7.64. The molecule has 0 fully saturated rings. The molecule has 7 aromatic carbocycles. The zero-order valence-corrected chi connectivity index (χ0v) is 26.4. The number of ether oxygens (including phenoxy) is 1. The van der Waals surface area contributed by atoms with Gasteiger partial charge in [-0.25, -0.2) is 4.99 Å². The van der Waals surface area contributed by atoms with Crippen molar-refractivity contribution in [2.75, 3.05) is 6.61 Å². The summed E-state index contributed by atoms with van der Waals surface area (Å²) in [6.07, 6.45) is 1.94. The highest BCUT2D eigenvalue weighted by Crippen LogP contribution is 2.45. The summed E-state index contributed by atoms with van der Waals surface area (Å²) in [7, 11) is 0. The Kier molecular flexibility index (Phi) is 6.23. The van der Waals surface area contributed by atoms with Gasteiger partial charge in [0.2, 0.25) is 5.90 Å². The predicted molar refractivity (Wildman–Crippen MR) is 197 cm³/mol. The Hall–Kier alpha value is -5.80. The highest BCUT2D eigenvalue weighted by Gasteiger charge is 2.27. The zero-order valence-electron chi connectivity index (χ0n) is 26.4. The topological polar surface area (TPSA) is 34.5 Å². The molecule has 1 aliphatic rings. The molecule has 0 amide bonds. The van der Waals surface area contributed by atoms with Crippen LogP contribution in [0.4, 0.5) is 0 Å². The van der Waals surface area contributed by atoms with Crippen molar-refractivity contribution < 1.29 is 4.74 Å². The third kappa shape index (κ3) is 4.74. The Bertz CT molecular complexity index is 2540. The first-order chi connectivity index (χ1) is 23.0. The summed E-state index contributed by atoms with van der Waals surface area (Å²) in [4.78, 5) is 9.50. The maximum atomic E-state index is 5.86. The monoisotopic (exact) mass is 604 g/mol. The molecular formula is C44H32N2O. The molecule has 0 aliphatic carbocycles. The summed E-state index contributed by atoms with van der Waals surface area (Å²) in [6.45, 7) is 4.72. The first-order valence-electron chi connectivity index (χ1n) is 16.2. The number of aliphatic imine (C=N–C) groups is 1. The van der Waals surface area contributed by atoms with Crippen LogP contribution in [0.15, 0.2) is 151 Å². The zero-order chi connectivity index (χ0) is 31.5. The molecule has 0 bridgehead atoms. The smallest absolute Gasteiger partial charge is 0.236 e. The van der Waals surface area contributed by atoms with Crippen molar-refractivity contribution in [2.24, 2.45) is 4.99 Å². The van der Waals surface area contributed by atoms with E-state index in [0.717, 1.165) is 16.8 Å². The molecule has 9 rings (SSSR count). The fourth-order valence-corrected chi connectivity index (χ4v) is 7.08. The van der Waals surface area contributed by atoms with E-state index in [2.05, 4.69) is 147 Å². The van der Waals surface area contributed by atoms with Gasteiger partial charge in [0.1, 0.15) is 12.3 Å². The van der Waals surface area contributed by atoms with Gasteiger partial charge in [-0.2, -0.15) is 0 Å². The van der Waals surface area contributed by atoms with Crippen LogP contribution >= 0.6 is 0 Å². The van der Waals surface area contributed by atoms with Gasteiger partial charge in [-0.1, -0.05) is 115 Å². The average molecular weight is 605 g/mol. The van der Waals surface area contributed by atoms with Crippen LogP contribution in [-0.2, 0) is 4.74 Å². The Labute approximate surface area is 273 Å². The lowest BCUT2D eigenvalue weighted by Crippen LogP contribution is -2.17. The molecular weight excluding hydrogens is 572 g/mol. The molecule has 1 aromatic heterocycles. The normalized spacial score (nSPS) is 14.1. The minimum absolute atomic E-state index is 0.223. The number of rotatable bonds is 4. The first-order valence-corrected chi connectivity index (χ1v) is 16.2. The Morgan fingerprint density at radius 2 is 1.02 bits per heavy atom. The molecule has 3 heteroatoms. The molecule has 1 aliphatic heterocycles. The fraction of sp³-hybridized carbons (Fsp3) is 0.0909. The Balaban J connectivity index is 1.30. The predicted octanol–water partition coefficient (Wildman–Crippen LogP) is 11.3. The third-order valence-electron chi connectivity index (χ3n) is 9.38. The van der Waals surface area contributed by atoms with E-state index >= 15 is 0 Å². The van der Waals surface area contributed by atoms with Gasteiger partial charge in [-0.05, 0) is 109 Å². The van der Waals surface area contributed by atoms with Crippen molar-refractivity contribution >= 4 is 49.0 Å². The first kappa shape index (κ1) is 27.5. The van der Waals surface area contributed by atoms with Gasteiger partial charge in [0.05, 0.1) is 5.54 Å². The van der Waals surface area contributed by atoms with Crippen LogP contribution in [0.25, 0.3) is 76.5 Å². The van der Waals surface area contributed by atoms with Crippen molar-refractivity contribution in [3.63, 3.8) is 0 Å². The number of fused-ring (bicyclic) bond motifs is 4. The SMILES string of the molecule is CC1(C)COC(c2ccc(-c3ccc4c(-c5ccc6ccccc6c5)c5ccccc5c(-c5ccc6ccccc6c5)c4c3)cn2)=N1. The van der Waals surface area contributed by atoms with Crippen LogP contribution in [0.1, 0.15) is 19.5 Å². The molecule has 47 heavy (non-hydrogen) atoms. The van der Waals surface area contributed by atoms with E-state index in [0.29, 0.717) is 12.5 Å². The Morgan fingerprint density at radius 3 is 1.60 bits per heavy atom. The molecule has 0 saturated carbocycles. The maximum absolute atomic E-state index is 5.86. The highest BCUT2D eigenvalue weighted by molar-refractivity contribution is 6.22. The third-order valence-corrected chi connectivity index (χ3v) is 9.38. The van der Waals surface area contributed by atoms with Gasteiger partial charge in [0, 0.05) is 11.8 Å². The lowest BCUT2D eigenvalue weighted by Gasteiger charge is -2.19. The van der Waals surface area contributed by atoms with Gasteiger partial charge in [0.25, 0.3) is 0 Å². The standard InChI is InChI=1S/C44H32N2O/c1-44(2)27-47-43(46-44)40-22-20-35(26-45-40)32-19-21-38-39(25-32)42(34-18-16-29-10-4-6-12-31(29)24-34)37-14-8-7-13-36(37)41(38)33-17-15-28-9-3-5-11-30(28)23-33/h3-26H,27H2,1-2H3. The van der Waals surface area contributed by atoms with E-state index in [4.69, 9.17) is 14.7 Å². The molecule has 0 atom stereocenters. The molecule has 8 aromatic rings. The van der Waals surface area contributed by atoms with Crippen LogP contribution in [-0.4, -0.2) is 23.0 Å². The molecule has 0 radical (unpaired) electrons. The number of nitrogens with zero attached hydrogens (tertiary/aromatic N) is 2. The van der Waals surface area contributed by atoms with Crippen LogP contribution in [0.2, 0.25) is 0 Å². The maximum Gasteiger partial charge on any atom is 0.236 e. The second-order valence-corrected chi connectivity index (χ2v) is 13.1. The van der Waals surface area contributed by atoms with Crippen molar-refractivity contribution in [1.82, 2.24) is 4.98 Å². The summed E-state index contributed by atoms with van der Waals surface area (Å²) < 4.78 is 5.86. The van der Waals surface area contributed by atoms with Crippen LogP contribution in [0.5, 0.6) is 0 Å². The van der Waals surface area contributed by atoms with E-state index in [9.17, 15) is 0 Å². The van der Waals surface area contributed by atoms with Crippen LogP contribution < -0.4 is 0 Å². The molecule has 3 nitrogen and oxygen atoms in total. The summed E-state index contributed by atoms with van der Waals surface area (Å²) in [5.74, 6) is 0.616. The van der Waals surface area contributed by atoms with Crippen molar-refractivity contribution in [2.45, 2.75) is 19.4 Å². The van der Waals surface area contributed by atoms with Crippen LogP contribution in [0, 0.1) is 0 Å². The van der Waals surface area contributed by atoms with E-state index in [-0.39, 0.29) is 5.54 Å². The number of pyridine rings is 1. The molecule has 0 spiro atoms. The molecule has 0 N–H and O–H groups in total. The lowest BCUT2D eigenvalue weighted by molar-refractivity contribution is 0.279. The molecule has 0 saturated heterocycles. The van der Waals surface area contributed by atoms with Crippen molar-refractivity contribution in [1.29, 1.82) is 0 Å². The van der Waals surface area contributed by atoms with E-state index in [1.807, 2.05) is 12.3 Å². The highest BCUT2D eigenvalue weighted by atomic mass is 16.5. The minimum atomic E-state index is -0.223. The number of aromatic nitrogens is 1. The van der Waals surface area contributed by atoms with Gasteiger partial charge in [0.15, 0.2) is 0 Å². The summed E-state index contributed by atoms with van der Waals surface area (Å²) in [6, 6.07) is 50.7. The van der Waals surface area contributed by atoms with Gasteiger partial charge in [-0.15, -0.1) is 0 Å². The quantitative estimate of drug-likeness (QED) is 0.187. The van der Waals surface area contributed by atoms with E-state index in [1.54, 1.807) is 0 Å². The number of hydrogen-bond donors (Lipinski definition) is 0. The second kappa shape index (κ2) is 10.6. The van der Waals surface area contributed by atoms with Crippen molar-refractivity contribution in [3.8, 4) is 33.4 Å². The Morgan fingerprint density at radius 1 is 0.489 bits per heavy atom. The summed E-state index contributed by atoms with van der Waals surface area (Å²) in [5, 5.41) is 9.89. The molecule has 2 heterocycles. The minimum Gasteiger partial charge on any atom is -0.474 e. The van der Waals surface area contributed by atoms with E-state index in [1.165, 1.54) is 65.3 Å².